The third-order valence-corrected chi connectivity index (χ3v) is 5.23. The van der Waals surface area contributed by atoms with E-state index in [1.54, 1.807) is 14.2 Å². The number of benzene rings is 2. The second kappa shape index (κ2) is 9.82. The van der Waals surface area contributed by atoms with Gasteiger partial charge in [0.1, 0.15) is 12.3 Å². The number of quaternary nitrogens is 1. The topological polar surface area (TPSA) is 45.7 Å². The third kappa shape index (κ3) is 5.32. The lowest BCUT2D eigenvalue weighted by molar-refractivity contribution is -0.917. The Labute approximate surface area is 177 Å². The van der Waals surface area contributed by atoms with Crippen LogP contribution in [-0.4, -0.2) is 42.2 Å². The predicted molar refractivity (Wildman–Crippen MR) is 117 cm³/mol. The molecule has 0 bridgehead atoms. The van der Waals surface area contributed by atoms with Gasteiger partial charge in [0.2, 0.25) is 4.77 Å². The Morgan fingerprint density at radius 1 is 1.10 bits per heavy atom. The van der Waals surface area contributed by atoms with E-state index in [2.05, 4.69) is 54.9 Å². The van der Waals surface area contributed by atoms with Crippen molar-refractivity contribution in [3.8, 4) is 17.1 Å². The van der Waals surface area contributed by atoms with Crippen LogP contribution < -0.4 is 9.64 Å². The number of aromatic nitrogens is 3. The highest BCUT2D eigenvalue weighted by Gasteiger charge is 2.15. The van der Waals surface area contributed by atoms with E-state index in [0.29, 0.717) is 24.6 Å². The highest BCUT2D eigenvalue weighted by molar-refractivity contribution is 7.71. The van der Waals surface area contributed by atoms with E-state index in [-0.39, 0.29) is 0 Å². The quantitative estimate of drug-likeness (QED) is 0.548. The first-order valence-corrected chi connectivity index (χ1v) is 10.1. The summed E-state index contributed by atoms with van der Waals surface area (Å²) in [5.41, 5.74) is 3.51. The molecule has 0 aliphatic heterocycles. The van der Waals surface area contributed by atoms with Gasteiger partial charge in [-0.15, -0.1) is 5.10 Å². The number of nitrogens with one attached hydrogen (secondary N) is 1. The van der Waals surface area contributed by atoms with Crippen molar-refractivity contribution in [1.82, 2.24) is 14.3 Å². The second-order valence-corrected chi connectivity index (χ2v) is 7.62. The SMILES string of the molecule is COCCn1c(-c2cccc(C)c2)nn(C[NH+](C)Cc2ccc(OC)cc2)c1=S. The molecule has 0 aliphatic rings. The van der Waals surface area contributed by atoms with Gasteiger partial charge < -0.3 is 14.4 Å². The molecule has 3 aromatic rings. The van der Waals surface area contributed by atoms with Crippen LogP contribution in [0.5, 0.6) is 5.75 Å². The van der Waals surface area contributed by atoms with Crippen molar-refractivity contribution in [2.45, 2.75) is 26.7 Å². The Hall–Kier alpha value is -2.48. The maximum Gasteiger partial charge on any atom is 0.203 e. The van der Waals surface area contributed by atoms with Crippen LogP contribution in [-0.2, 0) is 24.5 Å². The highest BCUT2D eigenvalue weighted by Crippen LogP contribution is 2.19. The monoisotopic (exact) mass is 413 g/mol. The van der Waals surface area contributed by atoms with E-state index < -0.39 is 0 Å². The summed E-state index contributed by atoms with van der Waals surface area (Å²) in [6, 6.07) is 16.5. The zero-order valence-corrected chi connectivity index (χ0v) is 18.3. The fourth-order valence-corrected chi connectivity index (χ4v) is 3.61. The molecule has 0 aliphatic carbocycles. The van der Waals surface area contributed by atoms with Crippen LogP contribution in [0, 0.1) is 11.7 Å². The van der Waals surface area contributed by atoms with Crippen LogP contribution in [0.4, 0.5) is 0 Å². The van der Waals surface area contributed by atoms with Crippen LogP contribution >= 0.6 is 12.2 Å². The molecule has 1 atom stereocenters. The van der Waals surface area contributed by atoms with Gasteiger partial charge in [0, 0.05) is 18.2 Å². The van der Waals surface area contributed by atoms with E-state index in [9.17, 15) is 0 Å². The Morgan fingerprint density at radius 3 is 2.52 bits per heavy atom. The maximum atomic E-state index is 5.75. The zero-order valence-electron chi connectivity index (χ0n) is 17.5. The van der Waals surface area contributed by atoms with Gasteiger partial charge in [0.15, 0.2) is 12.5 Å². The molecule has 6 nitrogen and oxygen atoms in total. The molecule has 2 aromatic carbocycles. The number of rotatable bonds is 9. The number of methoxy groups -OCH3 is 2. The maximum absolute atomic E-state index is 5.75. The van der Waals surface area contributed by atoms with E-state index in [1.807, 2.05) is 16.8 Å². The van der Waals surface area contributed by atoms with Gasteiger partial charge in [0.25, 0.3) is 0 Å². The van der Waals surface area contributed by atoms with Gasteiger partial charge in [-0.1, -0.05) is 23.8 Å². The molecule has 29 heavy (non-hydrogen) atoms. The van der Waals surface area contributed by atoms with Crippen molar-refractivity contribution in [2.24, 2.45) is 0 Å². The minimum atomic E-state index is 0.591. The van der Waals surface area contributed by atoms with E-state index in [1.165, 1.54) is 16.0 Å². The van der Waals surface area contributed by atoms with Gasteiger partial charge in [-0.2, -0.15) is 4.68 Å². The first kappa shape index (κ1) is 21.2. The van der Waals surface area contributed by atoms with Crippen LogP contribution in [0.1, 0.15) is 11.1 Å². The van der Waals surface area contributed by atoms with Crippen molar-refractivity contribution in [3.05, 3.63) is 64.4 Å². The number of hydrogen-bond acceptors (Lipinski definition) is 4. The van der Waals surface area contributed by atoms with E-state index >= 15 is 0 Å². The fraction of sp³-hybridized carbons (Fsp3) is 0.364. The normalized spacial score (nSPS) is 12.1. The van der Waals surface area contributed by atoms with E-state index in [0.717, 1.165) is 23.7 Å². The molecule has 0 spiro atoms. The minimum Gasteiger partial charge on any atom is -0.497 e. The van der Waals surface area contributed by atoms with Gasteiger partial charge in [-0.3, -0.25) is 4.57 Å². The first-order valence-electron chi connectivity index (χ1n) is 9.69. The molecular weight excluding hydrogens is 384 g/mol. The van der Waals surface area contributed by atoms with Gasteiger partial charge >= 0.3 is 0 Å². The number of nitrogens with zero attached hydrogens (tertiary/aromatic N) is 3. The molecule has 0 fully saturated rings. The van der Waals surface area contributed by atoms with Crippen LogP contribution in [0.3, 0.4) is 0 Å². The molecule has 1 N–H and O–H groups in total. The van der Waals surface area contributed by atoms with Gasteiger partial charge in [0.05, 0.1) is 27.3 Å². The molecule has 1 heterocycles. The number of ether oxygens (including phenoxy) is 2. The largest absolute Gasteiger partial charge is 0.497 e. The van der Waals surface area contributed by atoms with Crippen molar-refractivity contribution >= 4 is 12.2 Å². The third-order valence-electron chi connectivity index (χ3n) is 4.80. The van der Waals surface area contributed by atoms with Crippen molar-refractivity contribution < 1.29 is 14.4 Å². The van der Waals surface area contributed by atoms with Crippen molar-refractivity contribution in [2.75, 3.05) is 27.9 Å². The average molecular weight is 414 g/mol. The molecule has 0 saturated heterocycles. The van der Waals surface area contributed by atoms with Crippen LogP contribution in [0.25, 0.3) is 11.4 Å². The van der Waals surface area contributed by atoms with Gasteiger partial charge in [-0.05, 0) is 49.5 Å². The molecule has 0 saturated carbocycles. The lowest BCUT2D eigenvalue weighted by Gasteiger charge is -2.14. The summed E-state index contributed by atoms with van der Waals surface area (Å²) in [7, 11) is 5.53. The Bertz CT molecular complexity index is 995. The van der Waals surface area contributed by atoms with Crippen LogP contribution in [0.15, 0.2) is 48.5 Å². The summed E-state index contributed by atoms with van der Waals surface area (Å²) in [5.74, 6) is 1.75. The van der Waals surface area contributed by atoms with E-state index in [4.69, 9.17) is 26.8 Å². The summed E-state index contributed by atoms with van der Waals surface area (Å²) in [6.07, 6.45) is 0. The smallest absolute Gasteiger partial charge is 0.203 e. The summed E-state index contributed by atoms with van der Waals surface area (Å²) >= 11 is 5.75. The van der Waals surface area contributed by atoms with Crippen LogP contribution in [0.2, 0.25) is 0 Å². The molecule has 1 unspecified atom stereocenters. The second-order valence-electron chi connectivity index (χ2n) is 7.26. The average Bonchev–Trinajstić information content (AvgIpc) is 3.02. The fourth-order valence-electron chi connectivity index (χ4n) is 3.33. The minimum absolute atomic E-state index is 0.591. The molecule has 0 amide bonds. The first-order chi connectivity index (χ1) is 14.0. The summed E-state index contributed by atoms with van der Waals surface area (Å²) < 4.78 is 15.2. The lowest BCUT2D eigenvalue weighted by atomic mass is 10.1. The van der Waals surface area contributed by atoms with Crippen molar-refractivity contribution in [3.63, 3.8) is 0 Å². The lowest BCUT2D eigenvalue weighted by Crippen LogP contribution is -3.07. The summed E-state index contributed by atoms with van der Waals surface area (Å²) in [6.45, 7) is 4.91. The Balaban J connectivity index is 1.83. The van der Waals surface area contributed by atoms with Gasteiger partial charge in [-0.25, -0.2) is 0 Å². The summed E-state index contributed by atoms with van der Waals surface area (Å²) in [5, 5.41) is 4.86. The molecule has 1 aromatic heterocycles. The number of aryl methyl sites for hydroxylation is 1. The highest BCUT2D eigenvalue weighted by atomic mass is 32.1. The zero-order chi connectivity index (χ0) is 20.8. The molecule has 0 radical (unpaired) electrons. The Morgan fingerprint density at radius 2 is 1.86 bits per heavy atom. The molecule has 3 rings (SSSR count). The summed E-state index contributed by atoms with van der Waals surface area (Å²) in [4.78, 5) is 1.29. The molecular formula is C22H29N4O2S+. The standard InChI is InChI=1S/C22H28N4O2S/c1-17-6-5-7-19(14-17)21-23-26(22(29)25(21)12-13-27-3)16-24(2)15-18-8-10-20(28-4)11-9-18/h5-11,14H,12-13,15-16H2,1-4H3/p+1. The predicted octanol–water partition coefficient (Wildman–Crippen LogP) is 2.72. The molecule has 7 heteroatoms. The van der Waals surface area contributed by atoms with Crippen molar-refractivity contribution in [1.29, 1.82) is 0 Å². The number of hydrogen-bond donors (Lipinski definition) is 1. The Kier molecular flexibility index (Phi) is 7.19. The molecule has 154 valence electrons.